The first-order valence-corrected chi connectivity index (χ1v) is 12.3. The Hall–Kier alpha value is -3.89. The molecule has 11 heteroatoms. The third kappa shape index (κ3) is 5.50. The number of benzene rings is 2. The second kappa shape index (κ2) is 11.2. The molecule has 36 heavy (non-hydrogen) atoms. The van der Waals surface area contributed by atoms with Gasteiger partial charge in [-0.2, -0.15) is 9.78 Å². The second-order valence-electron chi connectivity index (χ2n) is 7.36. The molecule has 4 rings (SSSR count). The number of amides is 1. The Morgan fingerprint density at radius 2 is 1.78 bits per heavy atom. The zero-order valence-electron chi connectivity index (χ0n) is 19.4. The van der Waals surface area contributed by atoms with Crippen molar-refractivity contribution >= 4 is 50.6 Å². The van der Waals surface area contributed by atoms with Crippen molar-refractivity contribution in [3.63, 3.8) is 0 Å². The molecule has 0 radical (unpaired) electrons. The van der Waals surface area contributed by atoms with Crippen LogP contribution in [0.2, 0.25) is 5.02 Å². The van der Waals surface area contributed by atoms with Gasteiger partial charge in [0.1, 0.15) is 16.5 Å². The molecule has 186 valence electrons. The van der Waals surface area contributed by atoms with E-state index in [2.05, 4.69) is 10.4 Å². The van der Waals surface area contributed by atoms with Gasteiger partial charge in [-0.25, -0.2) is 4.79 Å². The maximum atomic E-state index is 13.4. The molecule has 2 aromatic heterocycles. The highest BCUT2D eigenvalue weighted by atomic mass is 35.5. The Bertz CT molecular complexity index is 1470. The van der Waals surface area contributed by atoms with Crippen molar-refractivity contribution in [2.75, 3.05) is 25.1 Å². The highest BCUT2D eigenvalue weighted by molar-refractivity contribution is 7.16. The van der Waals surface area contributed by atoms with E-state index < -0.39 is 17.4 Å². The maximum absolute atomic E-state index is 13.4. The number of nitrogens with zero attached hydrogens (tertiary/aromatic N) is 2. The highest BCUT2D eigenvalue weighted by Crippen LogP contribution is 2.31. The lowest BCUT2D eigenvalue weighted by Crippen LogP contribution is -2.26. The van der Waals surface area contributed by atoms with Crippen LogP contribution in [0.5, 0.6) is 11.5 Å². The molecule has 4 aromatic rings. The molecule has 0 spiro atoms. The fraction of sp³-hybridized carbons (Fsp3) is 0.200. The lowest BCUT2D eigenvalue weighted by atomic mass is 10.2. The van der Waals surface area contributed by atoms with Crippen LogP contribution in [-0.2, 0) is 9.53 Å². The summed E-state index contributed by atoms with van der Waals surface area (Å²) in [6, 6.07) is 13.4. The van der Waals surface area contributed by atoms with Gasteiger partial charge in [-0.15, -0.1) is 11.3 Å². The van der Waals surface area contributed by atoms with Crippen LogP contribution in [0.4, 0.5) is 5.00 Å². The fourth-order valence-electron chi connectivity index (χ4n) is 3.39. The number of thiophene rings is 1. The summed E-state index contributed by atoms with van der Waals surface area (Å²) < 4.78 is 17.1. The van der Waals surface area contributed by atoms with Gasteiger partial charge in [0.2, 0.25) is 0 Å². The zero-order valence-corrected chi connectivity index (χ0v) is 21.0. The SMILES string of the molecule is CCOC(=O)c1nn(-c2cccc(Cl)c2)c(=O)c2c(NC(=O)COc3ccc(OCC)cc3)scc12. The van der Waals surface area contributed by atoms with Crippen LogP contribution in [-0.4, -0.2) is 41.5 Å². The predicted octanol–water partition coefficient (Wildman–Crippen LogP) is 4.69. The number of hydrogen-bond donors (Lipinski definition) is 1. The number of aromatic nitrogens is 2. The summed E-state index contributed by atoms with van der Waals surface area (Å²) in [6.45, 7) is 3.95. The van der Waals surface area contributed by atoms with Gasteiger partial charge in [0.15, 0.2) is 12.3 Å². The molecule has 0 unspecified atom stereocenters. The first kappa shape index (κ1) is 25.2. The zero-order chi connectivity index (χ0) is 25.7. The Labute approximate surface area is 215 Å². The van der Waals surface area contributed by atoms with E-state index in [1.807, 2.05) is 6.92 Å². The molecule has 2 heterocycles. The third-order valence-corrected chi connectivity index (χ3v) is 6.06. The molecule has 0 aliphatic heterocycles. The lowest BCUT2D eigenvalue weighted by molar-refractivity contribution is -0.118. The monoisotopic (exact) mass is 527 g/mol. The minimum Gasteiger partial charge on any atom is -0.494 e. The summed E-state index contributed by atoms with van der Waals surface area (Å²) in [4.78, 5) is 38.7. The van der Waals surface area contributed by atoms with Crippen LogP contribution in [0.25, 0.3) is 16.5 Å². The summed E-state index contributed by atoms with van der Waals surface area (Å²) in [5, 5.41) is 9.61. The number of fused-ring (bicyclic) bond motifs is 1. The molecular weight excluding hydrogens is 506 g/mol. The number of rotatable bonds is 9. The van der Waals surface area contributed by atoms with E-state index in [4.69, 9.17) is 25.8 Å². The van der Waals surface area contributed by atoms with E-state index >= 15 is 0 Å². The standard InChI is InChI=1S/C25H22ClN3O6S/c1-3-33-17-8-10-18(11-9-17)35-13-20(30)27-23-21-19(14-36-23)22(25(32)34-4-2)28-29(24(21)31)16-7-5-6-15(26)12-16/h5-12,14H,3-4,13H2,1-2H3,(H,27,30). The minimum atomic E-state index is -0.687. The van der Waals surface area contributed by atoms with Gasteiger partial charge in [0.25, 0.3) is 11.5 Å². The normalized spacial score (nSPS) is 10.8. The number of hydrogen-bond acceptors (Lipinski definition) is 8. The fourth-order valence-corrected chi connectivity index (χ4v) is 4.52. The molecule has 9 nitrogen and oxygen atoms in total. The third-order valence-electron chi connectivity index (χ3n) is 4.93. The van der Waals surface area contributed by atoms with Crippen LogP contribution >= 0.6 is 22.9 Å². The Balaban J connectivity index is 1.64. The van der Waals surface area contributed by atoms with Crippen molar-refractivity contribution < 1.29 is 23.8 Å². The lowest BCUT2D eigenvalue weighted by Gasteiger charge is -2.10. The van der Waals surface area contributed by atoms with Gasteiger partial charge in [-0.3, -0.25) is 9.59 Å². The first-order valence-electron chi connectivity index (χ1n) is 11.0. The van der Waals surface area contributed by atoms with Gasteiger partial charge in [-0.05, 0) is 56.3 Å². The van der Waals surface area contributed by atoms with Gasteiger partial charge < -0.3 is 19.5 Å². The Kier molecular flexibility index (Phi) is 7.87. The largest absolute Gasteiger partial charge is 0.494 e. The smallest absolute Gasteiger partial charge is 0.359 e. The van der Waals surface area contributed by atoms with E-state index in [1.165, 1.54) is 0 Å². The van der Waals surface area contributed by atoms with E-state index in [0.717, 1.165) is 16.0 Å². The van der Waals surface area contributed by atoms with E-state index in [0.29, 0.717) is 28.8 Å². The average Bonchev–Trinajstić information content (AvgIpc) is 3.28. The molecule has 0 atom stereocenters. The molecule has 1 amide bonds. The number of nitrogens with one attached hydrogen (secondary N) is 1. The van der Waals surface area contributed by atoms with Crippen molar-refractivity contribution in [2.45, 2.75) is 13.8 Å². The summed E-state index contributed by atoms with van der Waals surface area (Å²) in [5.41, 5.74) is -0.208. The van der Waals surface area contributed by atoms with Crippen LogP contribution < -0.4 is 20.3 Å². The maximum Gasteiger partial charge on any atom is 0.359 e. The average molecular weight is 528 g/mol. The van der Waals surface area contributed by atoms with Crippen molar-refractivity contribution in [2.24, 2.45) is 0 Å². The van der Waals surface area contributed by atoms with E-state index in [9.17, 15) is 14.4 Å². The molecule has 0 saturated carbocycles. The van der Waals surface area contributed by atoms with Crippen LogP contribution in [0.15, 0.2) is 58.7 Å². The number of carbonyl (C=O) groups is 2. The number of anilines is 1. The molecule has 2 aromatic carbocycles. The topological polar surface area (TPSA) is 109 Å². The Morgan fingerprint density at radius 1 is 1.06 bits per heavy atom. The van der Waals surface area contributed by atoms with Crippen molar-refractivity contribution in [1.29, 1.82) is 0 Å². The van der Waals surface area contributed by atoms with Crippen molar-refractivity contribution in [3.05, 3.63) is 75.0 Å². The summed E-state index contributed by atoms with van der Waals surface area (Å²) in [7, 11) is 0. The van der Waals surface area contributed by atoms with E-state index in [-0.39, 0.29) is 34.7 Å². The molecule has 0 aliphatic carbocycles. The van der Waals surface area contributed by atoms with Gasteiger partial charge in [-0.1, -0.05) is 17.7 Å². The Morgan fingerprint density at radius 3 is 2.44 bits per heavy atom. The second-order valence-corrected chi connectivity index (χ2v) is 8.68. The number of carbonyl (C=O) groups excluding carboxylic acids is 2. The molecular formula is C25H22ClN3O6S. The minimum absolute atomic E-state index is 0.0474. The predicted molar refractivity (Wildman–Crippen MR) is 138 cm³/mol. The highest BCUT2D eigenvalue weighted by Gasteiger charge is 2.23. The van der Waals surface area contributed by atoms with Crippen molar-refractivity contribution in [1.82, 2.24) is 9.78 Å². The molecule has 0 saturated heterocycles. The summed E-state index contributed by atoms with van der Waals surface area (Å²) in [6.07, 6.45) is 0. The first-order chi connectivity index (χ1) is 17.4. The summed E-state index contributed by atoms with van der Waals surface area (Å²) >= 11 is 7.20. The quantitative estimate of drug-likeness (QED) is 0.314. The van der Waals surface area contributed by atoms with Gasteiger partial charge in [0, 0.05) is 15.8 Å². The van der Waals surface area contributed by atoms with Gasteiger partial charge in [0.05, 0.1) is 24.3 Å². The molecule has 1 N–H and O–H groups in total. The number of halogens is 1. The summed E-state index contributed by atoms with van der Waals surface area (Å²) in [5.74, 6) is 0.0201. The molecule has 0 fully saturated rings. The van der Waals surface area contributed by atoms with Crippen molar-refractivity contribution in [3.8, 4) is 17.2 Å². The number of esters is 1. The molecule has 0 aliphatic rings. The van der Waals surface area contributed by atoms with E-state index in [1.54, 1.807) is 60.8 Å². The van der Waals surface area contributed by atoms with Crippen LogP contribution in [0.1, 0.15) is 24.3 Å². The van der Waals surface area contributed by atoms with Crippen LogP contribution in [0, 0.1) is 0 Å². The number of ether oxygens (including phenoxy) is 3. The van der Waals surface area contributed by atoms with Crippen LogP contribution in [0.3, 0.4) is 0 Å². The molecule has 0 bridgehead atoms. The van der Waals surface area contributed by atoms with Gasteiger partial charge >= 0.3 is 5.97 Å².